The number of benzene rings is 1. The van der Waals surface area contributed by atoms with Gasteiger partial charge in [0, 0.05) is 31.2 Å². The summed E-state index contributed by atoms with van der Waals surface area (Å²) in [5.74, 6) is 0.413. The molecule has 162 valence electrons. The van der Waals surface area contributed by atoms with Gasteiger partial charge in [-0.05, 0) is 56.5 Å². The molecular formula is C22H36IN5O. The zero-order valence-corrected chi connectivity index (χ0v) is 19.9. The molecule has 0 radical (unpaired) electrons. The summed E-state index contributed by atoms with van der Waals surface area (Å²) in [7, 11) is 1.81. The number of piperidine rings is 1. The highest BCUT2D eigenvalue weighted by Gasteiger charge is 2.38. The standard InChI is InChI=1S/C22H35N5O.HI/c1-24-21(25-16-18-9-8-10-19(15-18)20(23)28)26-17-22(11-4-2-5-12-22)27-13-6-3-7-14-27;/h8-10,15H,2-7,11-14,16-17H2,1H3,(H2,23,28)(H2,24,25,26);1H. The largest absolute Gasteiger partial charge is 0.366 e. The van der Waals surface area contributed by atoms with Crippen molar-refractivity contribution < 1.29 is 4.79 Å². The van der Waals surface area contributed by atoms with Crippen LogP contribution in [-0.2, 0) is 6.54 Å². The maximum absolute atomic E-state index is 11.4. The lowest BCUT2D eigenvalue weighted by atomic mass is 9.79. The van der Waals surface area contributed by atoms with E-state index in [1.165, 1.54) is 64.5 Å². The van der Waals surface area contributed by atoms with Gasteiger partial charge in [-0.1, -0.05) is 37.8 Å². The van der Waals surface area contributed by atoms with E-state index in [4.69, 9.17) is 5.73 Å². The van der Waals surface area contributed by atoms with Gasteiger partial charge in [-0.25, -0.2) is 0 Å². The normalized spacial score (nSPS) is 19.8. The summed E-state index contributed by atoms with van der Waals surface area (Å²) in [6.45, 7) is 4.01. The highest BCUT2D eigenvalue weighted by atomic mass is 127. The minimum absolute atomic E-state index is 0. The summed E-state index contributed by atoms with van der Waals surface area (Å²) in [4.78, 5) is 18.5. The SMILES string of the molecule is CN=C(NCc1cccc(C(N)=O)c1)NCC1(N2CCCCC2)CCCCC1.I. The quantitative estimate of drug-likeness (QED) is 0.310. The molecule has 7 heteroatoms. The van der Waals surface area contributed by atoms with E-state index in [0.717, 1.165) is 18.1 Å². The number of nitrogens with one attached hydrogen (secondary N) is 2. The molecular weight excluding hydrogens is 477 g/mol. The molecule has 3 rings (SSSR count). The number of carbonyl (C=O) groups excluding carboxylic acids is 1. The predicted molar refractivity (Wildman–Crippen MR) is 130 cm³/mol. The Hall–Kier alpha value is -1.35. The van der Waals surface area contributed by atoms with E-state index in [9.17, 15) is 4.79 Å². The monoisotopic (exact) mass is 513 g/mol. The summed E-state index contributed by atoms with van der Waals surface area (Å²) >= 11 is 0. The number of aliphatic imine (C=N–C) groups is 1. The van der Waals surface area contributed by atoms with Crippen molar-refractivity contribution in [1.82, 2.24) is 15.5 Å². The Morgan fingerprint density at radius 2 is 1.79 bits per heavy atom. The molecule has 0 aromatic heterocycles. The van der Waals surface area contributed by atoms with Crippen LogP contribution in [-0.4, -0.2) is 49.0 Å². The van der Waals surface area contributed by atoms with Crippen LogP contribution in [0.1, 0.15) is 67.3 Å². The number of likely N-dealkylation sites (tertiary alicyclic amines) is 1. The number of hydrogen-bond donors (Lipinski definition) is 3. The van der Waals surface area contributed by atoms with Crippen LogP contribution in [0.2, 0.25) is 0 Å². The van der Waals surface area contributed by atoms with Gasteiger partial charge in [-0.3, -0.25) is 14.7 Å². The van der Waals surface area contributed by atoms with Gasteiger partial charge in [-0.2, -0.15) is 0 Å². The van der Waals surface area contributed by atoms with Crippen molar-refractivity contribution in [2.45, 2.75) is 63.5 Å². The number of guanidine groups is 1. The maximum atomic E-state index is 11.4. The fourth-order valence-electron chi connectivity index (χ4n) is 4.67. The Kier molecular flexibility index (Phi) is 9.68. The van der Waals surface area contributed by atoms with Crippen molar-refractivity contribution >= 4 is 35.8 Å². The van der Waals surface area contributed by atoms with Crippen LogP contribution in [0.3, 0.4) is 0 Å². The molecule has 0 bridgehead atoms. The Labute approximate surface area is 192 Å². The van der Waals surface area contributed by atoms with Gasteiger partial charge >= 0.3 is 0 Å². The maximum Gasteiger partial charge on any atom is 0.248 e. The second-order valence-electron chi connectivity index (χ2n) is 8.18. The fourth-order valence-corrected chi connectivity index (χ4v) is 4.67. The molecule has 1 heterocycles. The molecule has 1 amide bonds. The molecule has 29 heavy (non-hydrogen) atoms. The van der Waals surface area contributed by atoms with Crippen LogP contribution in [0.5, 0.6) is 0 Å². The number of primary amides is 1. The summed E-state index contributed by atoms with van der Waals surface area (Å²) in [5, 5.41) is 6.97. The van der Waals surface area contributed by atoms with Crippen LogP contribution in [0.25, 0.3) is 0 Å². The first kappa shape index (κ1) is 23.9. The van der Waals surface area contributed by atoms with Gasteiger partial charge in [-0.15, -0.1) is 24.0 Å². The first-order valence-electron chi connectivity index (χ1n) is 10.7. The van der Waals surface area contributed by atoms with Crippen LogP contribution in [0, 0.1) is 0 Å². The molecule has 2 fully saturated rings. The first-order chi connectivity index (χ1) is 13.6. The van der Waals surface area contributed by atoms with Crippen LogP contribution < -0.4 is 16.4 Å². The van der Waals surface area contributed by atoms with E-state index in [1.807, 2.05) is 25.2 Å². The number of halogens is 1. The third-order valence-corrected chi connectivity index (χ3v) is 6.29. The van der Waals surface area contributed by atoms with Gasteiger partial charge in [0.15, 0.2) is 5.96 Å². The van der Waals surface area contributed by atoms with Gasteiger partial charge < -0.3 is 16.4 Å². The topological polar surface area (TPSA) is 82.7 Å². The summed E-state index contributed by atoms with van der Waals surface area (Å²) < 4.78 is 0. The van der Waals surface area contributed by atoms with E-state index in [-0.39, 0.29) is 29.5 Å². The lowest BCUT2D eigenvalue weighted by Crippen LogP contribution is -2.59. The second-order valence-corrected chi connectivity index (χ2v) is 8.18. The number of hydrogen-bond acceptors (Lipinski definition) is 3. The third kappa shape index (κ3) is 6.57. The molecule has 0 unspecified atom stereocenters. The van der Waals surface area contributed by atoms with Gasteiger partial charge in [0.25, 0.3) is 0 Å². The highest BCUT2D eigenvalue weighted by Crippen LogP contribution is 2.35. The predicted octanol–water partition coefficient (Wildman–Crippen LogP) is 3.26. The number of nitrogens with two attached hydrogens (primary N) is 1. The van der Waals surface area contributed by atoms with Crippen molar-refractivity contribution in [3.05, 3.63) is 35.4 Å². The van der Waals surface area contributed by atoms with Gasteiger partial charge in [0.05, 0.1) is 0 Å². The lowest BCUT2D eigenvalue weighted by molar-refractivity contribution is 0.0368. The zero-order chi connectivity index (χ0) is 19.8. The molecule has 1 saturated carbocycles. The molecule has 1 aromatic carbocycles. The third-order valence-electron chi connectivity index (χ3n) is 6.29. The molecule has 2 aliphatic rings. The second kappa shape index (κ2) is 11.7. The van der Waals surface area contributed by atoms with Crippen LogP contribution >= 0.6 is 24.0 Å². The van der Waals surface area contributed by atoms with E-state index >= 15 is 0 Å². The molecule has 1 aliphatic heterocycles. The minimum Gasteiger partial charge on any atom is -0.366 e. The average molecular weight is 513 g/mol. The van der Waals surface area contributed by atoms with Gasteiger partial charge in [0.1, 0.15) is 0 Å². The van der Waals surface area contributed by atoms with Crippen molar-refractivity contribution in [2.24, 2.45) is 10.7 Å². The summed E-state index contributed by atoms with van der Waals surface area (Å²) in [6, 6.07) is 7.42. The molecule has 4 N–H and O–H groups in total. The Bertz CT molecular complexity index is 682. The average Bonchev–Trinajstić information content (AvgIpc) is 2.75. The molecule has 1 aliphatic carbocycles. The summed E-state index contributed by atoms with van der Waals surface area (Å²) in [6.07, 6.45) is 10.6. The van der Waals surface area contributed by atoms with Crippen LogP contribution in [0.4, 0.5) is 0 Å². The minimum atomic E-state index is -0.398. The smallest absolute Gasteiger partial charge is 0.248 e. The van der Waals surface area contributed by atoms with Crippen LogP contribution in [0.15, 0.2) is 29.3 Å². The van der Waals surface area contributed by atoms with E-state index in [0.29, 0.717) is 12.1 Å². The molecule has 0 atom stereocenters. The van der Waals surface area contributed by atoms with Crippen molar-refractivity contribution in [3.8, 4) is 0 Å². The Balaban J connectivity index is 0.00000300. The van der Waals surface area contributed by atoms with E-state index in [1.54, 1.807) is 6.07 Å². The Morgan fingerprint density at radius 3 is 2.45 bits per heavy atom. The van der Waals surface area contributed by atoms with Crippen molar-refractivity contribution in [3.63, 3.8) is 0 Å². The van der Waals surface area contributed by atoms with E-state index in [2.05, 4.69) is 20.5 Å². The van der Waals surface area contributed by atoms with Crippen molar-refractivity contribution in [1.29, 1.82) is 0 Å². The molecule has 6 nitrogen and oxygen atoms in total. The van der Waals surface area contributed by atoms with Crippen molar-refractivity contribution in [2.75, 3.05) is 26.7 Å². The number of amides is 1. The fraction of sp³-hybridized carbons (Fsp3) is 0.636. The molecule has 0 spiro atoms. The number of rotatable bonds is 6. The van der Waals surface area contributed by atoms with Gasteiger partial charge in [0.2, 0.25) is 5.91 Å². The summed E-state index contributed by atoms with van der Waals surface area (Å²) in [5.41, 5.74) is 7.20. The molecule has 1 aromatic rings. The zero-order valence-electron chi connectivity index (χ0n) is 17.6. The lowest BCUT2D eigenvalue weighted by Gasteiger charge is -2.48. The first-order valence-corrected chi connectivity index (χ1v) is 10.7. The molecule has 1 saturated heterocycles. The Morgan fingerprint density at radius 1 is 1.10 bits per heavy atom. The highest BCUT2D eigenvalue weighted by molar-refractivity contribution is 14.0. The number of carbonyl (C=O) groups is 1. The number of nitrogens with zero attached hydrogens (tertiary/aromatic N) is 2. The van der Waals surface area contributed by atoms with E-state index < -0.39 is 5.91 Å².